The molecule has 0 radical (unpaired) electrons. The van der Waals surface area contributed by atoms with Gasteiger partial charge < -0.3 is 5.11 Å². The number of sulfonamides is 1. The van der Waals surface area contributed by atoms with Crippen LogP contribution in [0.1, 0.15) is 15.9 Å². The predicted molar refractivity (Wildman–Crippen MR) is 88.6 cm³/mol. The summed E-state index contributed by atoms with van der Waals surface area (Å²) in [5.74, 6) is -1.01. The smallest absolute Gasteiger partial charge is 0.335 e. The molecule has 116 valence electrons. The van der Waals surface area contributed by atoms with Crippen LogP contribution in [0.25, 0.3) is 0 Å². The zero-order chi connectivity index (χ0) is 16.3. The molecule has 2 rings (SSSR count). The minimum absolute atomic E-state index is 0.139. The molecule has 0 bridgehead atoms. The summed E-state index contributed by atoms with van der Waals surface area (Å²) >= 11 is 3.31. The van der Waals surface area contributed by atoms with Crippen LogP contribution >= 0.6 is 15.9 Å². The fraction of sp³-hybridized carbons (Fsp3) is 0.133. The SMILES string of the molecule is CS(=O)(=O)N(Cc1ccc(C(=O)O)cc1)c1ccc(Br)cc1. The van der Waals surface area contributed by atoms with Gasteiger partial charge >= 0.3 is 5.97 Å². The summed E-state index contributed by atoms with van der Waals surface area (Å²) in [5, 5.41) is 8.88. The van der Waals surface area contributed by atoms with Gasteiger partial charge in [-0.2, -0.15) is 0 Å². The van der Waals surface area contributed by atoms with E-state index in [0.717, 1.165) is 10.7 Å². The lowest BCUT2D eigenvalue weighted by atomic mass is 10.1. The minimum Gasteiger partial charge on any atom is -0.478 e. The van der Waals surface area contributed by atoms with Crippen molar-refractivity contribution in [3.8, 4) is 0 Å². The van der Waals surface area contributed by atoms with E-state index < -0.39 is 16.0 Å². The van der Waals surface area contributed by atoms with E-state index in [1.54, 1.807) is 36.4 Å². The van der Waals surface area contributed by atoms with Crippen LogP contribution in [0.4, 0.5) is 5.69 Å². The Hall–Kier alpha value is -1.86. The Bertz CT molecular complexity index is 770. The standard InChI is InChI=1S/C15H14BrNO4S/c1-22(20,21)17(14-8-6-13(16)7-9-14)10-11-2-4-12(5-3-11)15(18)19/h2-9H,10H2,1H3,(H,18,19). The number of nitrogens with zero attached hydrogens (tertiary/aromatic N) is 1. The average molecular weight is 384 g/mol. The molecule has 0 aliphatic carbocycles. The Labute approximate surface area is 137 Å². The molecule has 0 spiro atoms. The molecule has 0 saturated carbocycles. The van der Waals surface area contributed by atoms with Crippen molar-refractivity contribution in [2.45, 2.75) is 6.54 Å². The number of carbonyl (C=O) groups is 1. The lowest BCUT2D eigenvalue weighted by Gasteiger charge is -2.22. The highest BCUT2D eigenvalue weighted by Crippen LogP contribution is 2.23. The van der Waals surface area contributed by atoms with Gasteiger partial charge in [0.2, 0.25) is 10.0 Å². The summed E-state index contributed by atoms with van der Waals surface area (Å²) in [6.45, 7) is 0.139. The maximum Gasteiger partial charge on any atom is 0.335 e. The van der Waals surface area contributed by atoms with E-state index in [0.29, 0.717) is 11.3 Å². The topological polar surface area (TPSA) is 74.7 Å². The third kappa shape index (κ3) is 4.08. The van der Waals surface area contributed by atoms with Crippen LogP contribution in [-0.2, 0) is 16.6 Å². The van der Waals surface area contributed by atoms with Gasteiger partial charge in [-0.25, -0.2) is 13.2 Å². The lowest BCUT2D eigenvalue weighted by Crippen LogP contribution is -2.29. The predicted octanol–water partition coefficient (Wildman–Crippen LogP) is 3.11. The number of halogens is 1. The summed E-state index contributed by atoms with van der Waals surface area (Å²) in [4.78, 5) is 10.8. The number of hydrogen-bond donors (Lipinski definition) is 1. The maximum absolute atomic E-state index is 12.0. The first kappa shape index (κ1) is 16.5. The van der Waals surface area contributed by atoms with Gasteiger partial charge in [-0.15, -0.1) is 0 Å². The normalized spacial score (nSPS) is 11.2. The van der Waals surface area contributed by atoms with E-state index in [-0.39, 0.29) is 12.1 Å². The van der Waals surface area contributed by atoms with E-state index in [9.17, 15) is 13.2 Å². The van der Waals surface area contributed by atoms with Gasteiger partial charge in [-0.3, -0.25) is 4.31 Å². The zero-order valence-electron chi connectivity index (χ0n) is 11.7. The summed E-state index contributed by atoms with van der Waals surface area (Å²) in [7, 11) is -3.45. The highest BCUT2D eigenvalue weighted by atomic mass is 79.9. The van der Waals surface area contributed by atoms with Crippen molar-refractivity contribution >= 4 is 37.6 Å². The van der Waals surface area contributed by atoms with Crippen LogP contribution < -0.4 is 4.31 Å². The Morgan fingerprint density at radius 2 is 1.64 bits per heavy atom. The maximum atomic E-state index is 12.0. The van der Waals surface area contributed by atoms with Crippen molar-refractivity contribution in [1.82, 2.24) is 0 Å². The molecule has 0 aliphatic heterocycles. The first-order valence-electron chi connectivity index (χ1n) is 6.33. The second-order valence-electron chi connectivity index (χ2n) is 4.75. The number of rotatable bonds is 5. The minimum atomic E-state index is -3.45. The third-order valence-corrected chi connectivity index (χ3v) is 4.71. The number of carboxylic acids is 1. The number of carboxylic acid groups (broad SMARTS) is 1. The van der Waals surface area contributed by atoms with Crippen molar-refractivity contribution in [3.05, 3.63) is 64.1 Å². The van der Waals surface area contributed by atoms with Gasteiger partial charge in [0.1, 0.15) is 0 Å². The van der Waals surface area contributed by atoms with Crippen molar-refractivity contribution in [1.29, 1.82) is 0 Å². The molecule has 0 amide bonds. The van der Waals surface area contributed by atoms with Gasteiger partial charge in [0.15, 0.2) is 0 Å². The zero-order valence-corrected chi connectivity index (χ0v) is 14.1. The molecule has 0 fully saturated rings. The Morgan fingerprint density at radius 1 is 1.09 bits per heavy atom. The molecule has 0 unspecified atom stereocenters. The van der Waals surface area contributed by atoms with E-state index >= 15 is 0 Å². The summed E-state index contributed by atoms with van der Waals surface area (Å²) in [5.41, 5.74) is 1.42. The molecule has 0 aliphatic rings. The van der Waals surface area contributed by atoms with Crippen molar-refractivity contribution in [2.75, 3.05) is 10.6 Å². The Kier molecular flexibility index (Phi) is 4.87. The van der Waals surface area contributed by atoms with Gasteiger partial charge in [0.05, 0.1) is 24.1 Å². The second kappa shape index (κ2) is 6.50. The van der Waals surface area contributed by atoms with E-state index in [2.05, 4.69) is 15.9 Å². The van der Waals surface area contributed by atoms with Crippen molar-refractivity contribution in [2.24, 2.45) is 0 Å². The largest absolute Gasteiger partial charge is 0.478 e. The van der Waals surface area contributed by atoms with Gasteiger partial charge in [0, 0.05) is 4.47 Å². The fourth-order valence-corrected chi connectivity index (χ4v) is 3.08. The van der Waals surface area contributed by atoms with Gasteiger partial charge in [-0.1, -0.05) is 28.1 Å². The third-order valence-electron chi connectivity index (χ3n) is 3.04. The van der Waals surface area contributed by atoms with E-state index in [1.165, 1.54) is 16.4 Å². The molecule has 0 atom stereocenters. The average Bonchev–Trinajstić information content (AvgIpc) is 2.45. The molecular formula is C15H14BrNO4S. The number of anilines is 1. The van der Waals surface area contributed by atoms with Crippen molar-refractivity contribution < 1.29 is 18.3 Å². The quantitative estimate of drug-likeness (QED) is 0.860. The molecule has 2 aromatic carbocycles. The van der Waals surface area contributed by atoms with Crippen LogP contribution in [0.5, 0.6) is 0 Å². The van der Waals surface area contributed by atoms with Crippen LogP contribution in [-0.4, -0.2) is 25.7 Å². The molecule has 0 aromatic heterocycles. The fourth-order valence-electron chi connectivity index (χ4n) is 1.93. The summed E-state index contributed by atoms with van der Waals surface area (Å²) < 4.78 is 26.2. The van der Waals surface area contributed by atoms with E-state index in [1.807, 2.05) is 0 Å². The van der Waals surface area contributed by atoms with E-state index in [4.69, 9.17) is 5.11 Å². The van der Waals surface area contributed by atoms with Crippen LogP contribution in [0.15, 0.2) is 53.0 Å². The van der Waals surface area contributed by atoms with Crippen LogP contribution in [0.2, 0.25) is 0 Å². The molecule has 22 heavy (non-hydrogen) atoms. The van der Waals surface area contributed by atoms with Crippen LogP contribution in [0.3, 0.4) is 0 Å². The first-order valence-corrected chi connectivity index (χ1v) is 8.97. The molecule has 0 saturated heterocycles. The highest BCUT2D eigenvalue weighted by molar-refractivity contribution is 9.10. The molecule has 1 N–H and O–H groups in total. The summed E-state index contributed by atoms with van der Waals surface area (Å²) in [6.07, 6.45) is 1.14. The number of aromatic carboxylic acids is 1. The van der Waals surface area contributed by atoms with Gasteiger partial charge in [-0.05, 0) is 42.0 Å². The summed E-state index contributed by atoms with van der Waals surface area (Å²) in [6, 6.07) is 13.1. The van der Waals surface area contributed by atoms with Crippen molar-refractivity contribution in [3.63, 3.8) is 0 Å². The molecule has 2 aromatic rings. The Morgan fingerprint density at radius 3 is 2.09 bits per heavy atom. The Balaban J connectivity index is 2.31. The molecule has 5 nitrogen and oxygen atoms in total. The number of benzene rings is 2. The molecular weight excluding hydrogens is 370 g/mol. The lowest BCUT2D eigenvalue weighted by molar-refractivity contribution is 0.0697. The monoisotopic (exact) mass is 383 g/mol. The second-order valence-corrected chi connectivity index (χ2v) is 7.57. The molecule has 0 heterocycles. The van der Waals surface area contributed by atoms with Gasteiger partial charge in [0.25, 0.3) is 0 Å². The molecule has 7 heteroatoms. The first-order chi connectivity index (χ1) is 10.3. The van der Waals surface area contributed by atoms with Crippen LogP contribution in [0, 0.1) is 0 Å². The number of hydrogen-bond acceptors (Lipinski definition) is 3. The highest BCUT2D eigenvalue weighted by Gasteiger charge is 2.18.